The second-order valence-electron chi connectivity index (χ2n) is 5.63. The number of carbonyl (C=O) groups is 2. The van der Waals surface area contributed by atoms with Crippen molar-refractivity contribution in [3.05, 3.63) is 40.9 Å². The molecule has 0 bridgehead atoms. The van der Waals surface area contributed by atoms with Gasteiger partial charge in [-0.25, -0.2) is 4.98 Å². The van der Waals surface area contributed by atoms with Crippen molar-refractivity contribution < 1.29 is 9.59 Å². The number of thiazole rings is 1. The Labute approximate surface area is 146 Å². The normalized spacial score (nSPS) is 10.5. The molecule has 2 aromatic rings. The number of hydrogen-bond donors (Lipinski definition) is 0. The number of aryl methyl sites for hydroxylation is 1. The minimum atomic E-state index is -0.231. The molecule has 2 amide bonds. The van der Waals surface area contributed by atoms with Crippen molar-refractivity contribution in [2.24, 2.45) is 0 Å². The van der Waals surface area contributed by atoms with E-state index in [1.807, 2.05) is 45.0 Å². The SMILES string of the molecule is CCN(CC)C(=O)CN(C)C(=O)c1csc(-c2ccc(C)cc2)n1. The Bertz CT molecular complexity index is 705. The molecule has 2 rings (SSSR count). The third-order valence-corrected chi connectivity index (χ3v) is 4.75. The van der Waals surface area contributed by atoms with Gasteiger partial charge in [0.1, 0.15) is 10.7 Å². The number of likely N-dealkylation sites (N-methyl/N-ethyl adjacent to an activating group) is 2. The maximum atomic E-state index is 12.5. The van der Waals surface area contributed by atoms with Crippen LogP contribution >= 0.6 is 11.3 Å². The van der Waals surface area contributed by atoms with Crippen LogP contribution in [-0.2, 0) is 4.79 Å². The molecule has 0 saturated carbocycles. The Morgan fingerprint density at radius 3 is 2.33 bits per heavy atom. The third kappa shape index (κ3) is 4.20. The molecule has 0 aliphatic rings. The van der Waals surface area contributed by atoms with Crippen LogP contribution in [0, 0.1) is 6.92 Å². The minimum Gasteiger partial charge on any atom is -0.342 e. The number of hydrogen-bond acceptors (Lipinski definition) is 4. The van der Waals surface area contributed by atoms with Crippen LogP contribution in [0.1, 0.15) is 29.9 Å². The molecule has 0 saturated heterocycles. The quantitative estimate of drug-likeness (QED) is 0.808. The summed E-state index contributed by atoms with van der Waals surface area (Å²) in [5, 5.41) is 2.55. The summed E-state index contributed by atoms with van der Waals surface area (Å²) < 4.78 is 0. The number of nitrogens with zero attached hydrogens (tertiary/aromatic N) is 3. The summed E-state index contributed by atoms with van der Waals surface area (Å²) >= 11 is 1.43. The van der Waals surface area contributed by atoms with E-state index in [4.69, 9.17) is 0 Å². The molecule has 0 fully saturated rings. The molecule has 0 aliphatic heterocycles. The molecule has 0 N–H and O–H groups in total. The molecular formula is C18H23N3O2S. The van der Waals surface area contributed by atoms with Crippen molar-refractivity contribution in [3.63, 3.8) is 0 Å². The molecule has 0 radical (unpaired) electrons. The van der Waals surface area contributed by atoms with Crippen LogP contribution in [0.15, 0.2) is 29.6 Å². The molecule has 0 aliphatic carbocycles. The summed E-state index contributed by atoms with van der Waals surface area (Å²) in [6, 6.07) is 8.03. The van der Waals surface area contributed by atoms with Gasteiger partial charge in [0.25, 0.3) is 5.91 Å². The third-order valence-electron chi connectivity index (χ3n) is 3.86. The molecule has 1 aromatic carbocycles. The topological polar surface area (TPSA) is 53.5 Å². The van der Waals surface area contributed by atoms with Crippen molar-refractivity contribution in [1.82, 2.24) is 14.8 Å². The lowest BCUT2D eigenvalue weighted by molar-refractivity contribution is -0.131. The summed E-state index contributed by atoms with van der Waals surface area (Å²) in [7, 11) is 1.63. The van der Waals surface area contributed by atoms with Gasteiger partial charge in [-0.05, 0) is 20.8 Å². The predicted octanol–water partition coefficient (Wildman–Crippen LogP) is 3.06. The van der Waals surface area contributed by atoms with E-state index in [9.17, 15) is 9.59 Å². The lowest BCUT2D eigenvalue weighted by atomic mass is 10.2. The van der Waals surface area contributed by atoms with Gasteiger partial charge in [-0.3, -0.25) is 9.59 Å². The predicted molar refractivity (Wildman–Crippen MR) is 97.2 cm³/mol. The number of benzene rings is 1. The Hall–Kier alpha value is -2.21. The first kappa shape index (κ1) is 18.1. The monoisotopic (exact) mass is 345 g/mol. The molecular weight excluding hydrogens is 322 g/mol. The Kier molecular flexibility index (Phi) is 6.09. The van der Waals surface area contributed by atoms with Crippen molar-refractivity contribution in [2.45, 2.75) is 20.8 Å². The first-order valence-corrected chi connectivity index (χ1v) is 8.90. The van der Waals surface area contributed by atoms with Gasteiger partial charge in [0.05, 0.1) is 6.54 Å². The van der Waals surface area contributed by atoms with E-state index < -0.39 is 0 Å². The first-order chi connectivity index (χ1) is 11.5. The fourth-order valence-corrected chi connectivity index (χ4v) is 3.15. The molecule has 1 heterocycles. The summed E-state index contributed by atoms with van der Waals surface area (Å²) in [5.41, 5.74) is 2.55. The summed E-state index contributed by atoms with van der Waals surface area (Å²) in [6.45, 7) is 7.24. The average molecular weight is 345 g/mol. The standard InChI is InChI=1S/C18H23N3O2S/c1-5-21(6-2)16(22)11-20(4)18(23)15-12-24-17(19-15)14-9-7-13(3)8-10-14/h7-10,12H,5-6,11H2,1-4H3. The minimum absolute atomic E-state index is 0.0511. The highest BCUT2D eigenvalue weighted by Gasteiger charge is 2.20. The molecule has 24 heavy (non-hydrogen) atoms. The highest BCUT2D eigenvalue weighted by molar-refractivity contribution is 7.13. The van der Waals surface area contributed by atoms with Crippen LogP contribution in [0.4, 0.5) is 0 Å². The second-order valence-corrected chi connectivity index (χ2v) is 6.49. The van der Waals surface area contributed by atoms with Crippen LogP contribution in [0.3, 0.4) is 0 Å². The number of rotatable bonds is 6. The molecule has 0 atom stereocenters. The maximum Gasteiger partial charge on any atom is 0.273 e. The zero-order valence-electron chi connectivity index (χ0n) is 14.6. The Morgan fingerprint density at radius 1 is 1.12 bits per heavy atom. The molecule has 5 nitrogen and oxygen atoms in total. The van der Waals surface area contributed by atoms with Crippen LogP contribution in [-0.4, -0.2) is 53.3 Å². The van der Waals surface area contributed by atoms with E-state index in [1.165, 1.54) is 21.8 Å². The molecule has 0 spiro atoms. The number of carbonyl (C=O) groups excluding carboxylic acids is 2. The summed E-state index contributed by atoms with van der Waals surface area (Å²) in [5.74, 6) is -0.282. The lowest BCUT2D eigenvalue weighted by Crippen LogP contribution is -2.41. The zero-order valence-corrected chi connectivity index (χ0v) is 15.4. The largest absolute Gasteiger partial charge is 0.342 e. The summed E-state index contributed by atoms with van der Waals surface area (Å²) in [4.78, 5) is 32.2. The second kappa shape index (κ2) is 8.06. The van der Waals surface area contributed by atoms with E-state index >= 15 is 0 Å². The Morgan fingerprint density at radius 2 is 1.75 bits per heavy atom. The van der Waals surface area contributed by atoms with Crippen molar-refractivity contribution >= 4 is 23.2 Å². The van der Waals surface area contributed by atoms with Crippen LogP contribution in [0.25, 0.3) is 10.6 Å². The zero-order chi connectivity index (χ0) is 17.7. The number of aromatic nitrogens is 1. The Balaban J connectivity index is 2.07. The lowest BCUT2D eigenvalue weighted by Gasteiger charge is -2.22. The smallest absolute Gasteiger partial charge is 0.273 e. The molecule has 0 unspecified atom stereocenters. The average Bonchev–Trinajstić information content (AvgIpc) is 3.05. The van der Waals surface area contributed by atoms with Gasteiger partial charge in [-0.1, -0.05) is 29.8 Å². The van der Waals surface area contributed by atoms with E-state index in [1.54, 1.807) is 17.3 Å². The fourth-order valence-electron chi connectivity index (χ4n) is 2.35. The van der Waals surface area contributed by atoms with Crippen molar-refractivity contribution in [1.29, 1.82) is 0 Å². The van der Waals surface area contributed by atoms with E-state index in [0.717, 1.165) is 10.6 Å². The van der Waals surface area contributed by atoms with Gasteiger partial charge in [0.2, 0.25) is 5.91 Å². The van der Waals surface area contributed by atoms with E-state index in [0.29, 0.717) is 18.8 Å². The summed E-state index contributed by atoms with van der Waals surface area (Å²) in [6.07, 6.45) is 0. The van der Waals surface area contributed by atoms with Gasteiger partial charge in [0.15, 0.2) is 0 Å². The molecule has 1 aromatic heterocycles. The van der Waals surface area contributed by atoms with E-state index in [-0.39, 0.29) is 18.4 Å². The van der Waals surface area contributed by atoms with Crippen LogP contribution in [0.5, 0.6) is 0 Å². The fraction of sp³-hybridized carbons (Fsp3) is 0.389. The van der Waals surface area contributed by atoms with Crippen LogP contribution < -0.4 is 0 Å². The van der Waals surface area contributed by atoms with Crippen LogP contribution in [0.2, 0.25) is 0 Å². The van der Waals surface area contributed by atoms with Crippen molar-refractivity contribution in [2.75, 3.05) is 26.7 Å². The highest BCUT2D eigenvalue weighted by atomic mass is 32.1. The maximum absolute atomic E-state index is 12.5. The van der Waals surface area contributed by atoms with Gasteiger partial charge in [0, 0.05) is 31.1 Å². The van der Waals surface area contributed by atoms with Gasteiger partial charge in [-0.2, -0.15) is 0 Å². The molecule has 6 heteroatoms. The first-order valence-electron chi connectivity index (χ1n) is 8.02. The van der Waals surface area contributed by atoms with E-state index in [2.05, 4.69) is 4.98 Å². The van der Waals surface area contributed by atoms with Gasteiger partial charge < -0.3 is 9.80 Å². The van der Waals surface area contributed by atoms with Gasteiger partial charge in [-0.15, -0.1) is 11.3 Å². The molecule has 128 valence electrons. The van der Waals surface area contributed by atoms with Crippen molar-refractivity contribution in [3.8, 4) is 10.6 Å². The van der Waals surface area contributed by atoms with Gasteiger partial charge >= 0.3 is 0 Å². The highest BCUT2D eigenvalue weighted by Crippen LogP contribution is 2.24. The number of amides is 2.